The minimum Gasteiger partial charge on any atom is -0.453 e. The van der Waals surface area contributed by atoms with Gasteiger partial charge in [-0.2, -0.15) is 0 Å². The van der Waals surface area contributed by atoms with Crippen molar-refractivity contribution < 1.29 is 14.6 Å². The van der Waals surface area contributed by atoms with Gasteiger partial charge in [-0.05, 0) is 38.0 Å². The van der Waals surface area contributed by atoms with Crippen LogP contribution in [0, 0.1) is 13.8 Å². The van der Waals surface area contributed by atoms with Gasteiger partial charge >= 0.3 is 0 Å². The van der Waals surface area contributed by atoms with Crippen LogP contribution in [-0.2, 0) is 0 Å². The Kier molecular flexibility index (Phi) is 2.11. The van der Waals surface area contributed by atoms with Crippen LogP contribution in [0.4, 0.5) is 0 Å². The summed E-state index contributed by atoms with van der Waals surface area (Å²) in [6.07, 6.45) is -0.523. The molecule has 1 heterocycles. The lowest BCUT2D eigenvalue weighted by Crippen LogP contribution is -1.97. The molecule has 1 aliphatic heterocycles. The molecule has 1 atom stereocenters. The highest BCUT2D eigenvalue weighted by Gasteiger charge is 2.23. The summed E-state index contributed by atoms with van der Waals surface area (Å²) in [5.74, 6) is 1.48. The van der Waals surface area contributed by atoms with Crippen molar-refractivity contribution in [3.63, 3.8) is 0 Å². The zero-order valence-electron chi connectivity index (χ0n) is 8.63. The third-order valence-electron chi connectivity index (χ3n) is 2.63. The first-order valence-corrected chi connectivity index (χ1v) is 4.69. The van der Waals surface area contributed by atoms with Crippen LogP contribution < -0.4 is 9.47 Å². The molecule has 0 bridgehead atoms. The van der Waals surface area contributed by atoms with Crippen LogP contribution in [-0.4, -0.2) is 11.9 Å². The molecular formula is C11H14O3. The van der Waals surface area contributed by atoms with E-state index in [2.05, 4.69) is 0 Å². The first kappa shape index (κ1) is 9.34. The molecule has 0 spiro atoms. The molecule has 3 heteroatoms. The van der Waals surface area contributed by atoms with Crippen molar-refractivity contribution in [1.82, 2.24) is 0 Å². The van der Waals surface area contributed by atoms with Crippen molar-refractivity contribution in [2.75, 3.05) is 6.79 Å². The number of hydrogen-bond acceptors (Lipinski definition) is 3. The number of rotatable bonds is 1. The third kappa shape index (κ3) is 1.24. The van der Waals surface area contributed by atoms with Gasteiger partial charge in [-0.1, -0.05) is 0 Å². The number of ether oxygens (including phenoxy) is 2. The van der Waals surface area contributed by atoms with Crippen molar-refractivity contribution in [1.29, 1.82) is 0 Å². The van der Waals surface area contributed by atoms with Crippen molar-refractivity contribution >= 4 is 0 Å². The highest BCUT2D eigenvalue weighted by atomic mass is 16.7. The van der Waals surface area contributed by atoms with Gasteiger partial charge in [0.15, 0.2) is 11.5 Å². The quantitative estimate of drug-likeness (QED) is 0.744. The molecule has 1 aromatic carbocycles. The molecular weight excluding hydrogens is 180 g/mol. The highest BCUT2D eigenvalue weighted by Crippen LogP contribution is 2.42. The molecule has 14 heavy (non-hydrogen) atoms. The lowest BCUT2D eigenvalue weighted by molar-refractivity contribution is 0.164. The summed E-state index contributed by atoms with van der Waals surface area (Å²) in [7, 11) is 0. The van der Waals surface area contributed by atoms with Crippen molar-refractivity contribution in [2.45, 2.75) is 26.9 Å². The Hall–Kier alpha value is -1.22. The number of fused-ring (bicyclic) bond motifs is 1. The molecule has 0 aromatic heterocycles. The van der Waals surface area contributed by atoms with Crippen LogP contribution in [0.1, 0.15) is 29.7 Å². The zero-order valence-corrected chi connectivity index (χ0v) is 8.63. The van der Waals surface area contributed by atoms with Gasteiger partial charge in [0.05, 0.1) is 6.10 Å². The monoisotopic (exact) mass is 194 g/mol. The number of benzene rings is 1. The predicted molar refractivity (Wildman–Crippen MR) is 52.7 cm³/mol. The average molecular weight is 194 g/mol. The predicted octanol–water partition coefficient (Wildman–Crippen LogP) is 2.09. The maximum Gasteiger partial charge on any atom is 0.231 e. The van der Waals surface area contributed by atoms with E-state index in [9.17, 15) is 5.11 Å². The van der Waals surface area contributed by atoms with Gasteiger partial charge in [-0.15, -0.1) is 0 Å². The van der Waals surface area contributed by atoms with E-state index in [0.29, 0.717) is 5.75 Å². The number of aliphatic hydroxyl groups is 1. The van der Waals surface area contributed by atoms with Gasteiger partial charge in [0.1, 0.15) is 0 Å². The second-order valence-corrected chi connectivity index (χ2v) is 3.65. The molecule has 3 nitrogen and oxygen atoms in total. The lowest BCUT2D eigenvalue weighted by Gasteiger charge is -2.12. The van der Waals surface area contributed by atoms with Gasteiger partial charge in [0.2, 0.25) is 6.79 Å². The van der Waals surface area contributed by atoms with Gasteiger partial charge < -0.3 is 14.6 Å². The SMILES string of the molecule is Cc1cc(C(C)O)c2c(c1C)OCO2. The minimum absolute atomic E-state index is 0.249. The van der Waals surface area contributed by atoms with Gasteiger partial charge in [0, 0.05) is 5.56 Å². The largest absolute Gasteiger partial charge is 0.453 e. The Morgan fingerprint density at radius 2 is 1.93 bits per heavy atom. The van der Waals surface area contributed by atoms with E-state index in [-0.39, 0.29) is 6.79 Å². The molecule has 0 saturated heterocycles. The second kappa shape index (κ2) is 3.17. The molecule has 2 rings (SSSR count). The number of aliphatic hydroxyl groups excluding tert-OH is 1. The van der Waals surface area contributed by atoms with Gasteiger partial charge in [-0.25, -0.2) is 0 Å². The molecule has 0 amide bonds. The standard InChI is InChI=1S/C11H14O3/c1-6-4-9(8(3)12)11-10(7(6)2)13-5-14-11/h4,8,12H,5H2,1-3H3. The van der Waals surface area contributed by atoms with E-state index >= 15 is 0 Å². The van der Waals surface area contributed by atoms with Crippen molar-refractivity contribution in [2.24, 2.45) is 0 Å². The fourth-order valence-corrected chi connectivity index (χ4v) is 1.67. The first-order valence-electron chi connectivity index (χ1n) is 4.69. The Bertz CT molecular complexity index is 369. The Morgan fingerprint density at radius 1 is 1.29 bits per heavy atom. The smallest absolute Gasteiger partial charge is 0.231 e. The topological polar surface area (TPSA) is 38.7 Å². The fraction of sp³-hybridized carbons (Fsp3) is 0.455. The number of hydrogen-bond donors (Lipinski definition) is 1. The lowest BCUT2D eigenvalue weighted by atomic mass is 10.0. The van der Waals surface area contributed by atoms with Crippen LogP contribution in [0.2, 0.25) is 0 Å². The average Bonchev–Trinajstić information content (AvgIpc) is 2.59. The van der Waals surface area contributed by atoms with Crippen LogP contribution in [0.3, 0.4) is 0 Å². The maximum atomic E-state index is 9.57. The van der Waals surface area contributed by atoms with Gasteiger partial charge in [0.25, 0.3) is 0 Å². The van der Waals surface area contributed by atoms with Crippen LogP contribution >= 0.6 is 0 Å². The zero-order chi connectivity index (χ0) is 10.3. The molecule has 0 aliphatic carbocycles. The molecule has 0 radical (unpaired) electrons. The van der Waals surface area contributed by atoms with Crippen LogP contribution in [0.15, 0.2) is 6.07 Å². The van der Waals surface area contributed by atoms with E-state index < -0.39 is 6.10 Å². The molecule has 1 N–H and O–H groups in total. The van der Waals surface area contributed by atoms with Gasteiger partial charge in [-0.3, -0.25) is 0 Å². The van der Waals surface area contributed by atoms with Crippen LogP contribution in [0.25, 0.3) is 0 Å². The molecule has 76 valence electrons. The van der Waals surface area contributed by atoms with Crippen molar-refractivity contribution in [3.8, 4) is 11.5 Å². The molecule has 1 aromatic rings. The minimum atomic E-state index is -0.523. The summed E-state index contributed by atoms with van der Waals surface area (Å²) >= 11 is 0. The Balaban J connectivity index is 2.64. The Labute approximate surface area is 83.3 Å². The van der Waals surface area contributed by atoms with E-state index in [1.807, 2.05) is 19.9 Å². The summed E-state index contributed by atoms with van der Waals surface area (Å²) in [6.45, 7) is 5.98. The van der Waals surface area contributed by atoms with E-state index in [4.69, 9.17) is 9.47 Å². The Morgan fingerprint density at radius 3 is 2.57 bits per heavy atom. The fourth-order valence-electron chi connectivity index (χ4n) is 1.67. The summed E-state index contributed by atoms with van der Waals surface area (Å²) in [4.78, 5) is 0. The number of aryl methyl sites for hydroxylation is 1. The molecule has 1 unspecified atom stereocenters. The van der Waals surface area contributed by atoms with E-state index in [0.717, 1.165) is 22.4 Å². The highest BCUT2D eigenvalue weighted by molar-refractivity contribution is 5.56. The second-order valence-electron chi connectivity index (χ2n) is 3.65. The summed E-state index contributed by atoms with van der Waals surface area (Å²) < 4.78 is 10.7. The van der Waals surface area contributed by atoms with Crippen LogP contribution in [0.5, 0.6) is 11.5 Å². The summed E-state index contributed by atoms with van der Waals surface area (Å²) in [5, 5.41) is 9.57. The summed E-state index contributed by atoms with van der Waals surface area (Å²) in [5.41, 5.74) is 3.01. The summed E-state index contributed by atoms with van der Waals surface area (Å²) in [6, 6.07) is 1.95. The van der Waals surface area contributed by atoms with E-state index in [1.54, 1.807) is 6.92 Å². The first-order chi connectivity index (χ1) is 6.61. The third-order valence-corrected chi connectivity index (χ3v) is 2.63. The normalized spacial score (nSPS) is 15.7. The molecule has 0 saturated carbocycles. The molecule has 0 fully saturated rings. The van der Waals surface area contributed by atoms with Crippen molar-refractivity contribution in [3.05, 3.63) is 22.8 Å². The van der Waals surface area contributed by atoms with E-state index in [1.165, 1.54) is 0 Å². The molecule has 1 aliphatic rings. The maximum absolute atomic E-state index is 9.57.